The van der Waals surface area contributed by atoms with Crippen LogP contribution in [0.3, 0.4) is 0 Å². The summed E-state index contributed by atoms with van der Waals surface area (Å²) in [5.41, 5.74) is 0. The molecule has 0 saturated heterocycles. The Morgan fingerprint density at radius 1 is 1.62 bits per heavy atom. The Labute approximate surface area is 79.0 Å². The standard InChI is InChI=1S/C9H18N2O2/c1-3-13-6-7(2)10-9(12)11-8-4-5-8/h7-8H,3-6H2,1-2H3,(H2,10,11,12). The zero-order valence-electron chi connectivity index (χ0n) is 8.30. The van der Waals surface area contributed by atoms with Gasteiger partial charge in [-0.15, -0.1) is 0 Å². The highest BCUT2D eigenvalue weighted by molar-refractivity contribution is 5.74. The molecule has 4 nitrogen and oxygen atoms in total. The van der Waals surface area contributed by atoms with Gasteiger partial charge in [0.2, 0.25) is 0 Å². The number of ether oxygens (including phenoxy) is 1. The Hall–Kier alpha value is -0.770. The van der Waals surface area contributed by atoms with E-state index >= 15 is 0 Å². The molecule has 1 rings (SSSR count). The molecule has 0 aliphatic heterocycles. The summed E-state index contributed by atoms with van der Waals surface area (Å²) < 4.78 is 5.17. The van der Waals surface area contributed by atoms with Gasteiger partial charge in [-0.2, -0.15) is 0 Å². The van der Waals surface area contributed by atoms with Crippen molar-refractivity contribution in [3.63, 3.8) is 0 Å². The van der Waals surface area contributed by atoms with E-state index in [9.17, 15) is 4.79 Å². The third kappa shape index (κ3) is 4.72. The largest absolute Gasteiger partial charge is 0.380 e. The molecule has 2 N–H and O–H groups in total. The van der Waals surface area contributed by atoms with Crippen molar-refractivity contribution in [1.29, 1.82) is 0 Å². The van der Waals surface area contributed by atoms with Crippen LogP contribution in [0.15, 0.2) is 0 Å². The van der Waals surface area contributed by atoms with Crippen molar-refractivity contribution in [1.82, 2.24) is 10.6 Å². The predicted octanol–water partition coefficient (Wildman–Crippen LogP) is 0.873. The molecule has 1 saturated carbocycles. The molecule has 2 amide bonds. The van der Waals surface area contributed by atoms with Crippen molar-refractivity contribution in [3.05, 3.63) is 0 Å². The van der Waals surface area contributed by atoms with Crippen LogP contribution < -0.4 is 10.6 Å². The molecule has 1 atom stereocenters. The van der Waals surface area contributed by atoms with Gasteiger partial charge in [0.15, 0.2) is 0 Å². The van der Waals surface area contributed by atoms with E-state index in [1.807, 2.05) is 13.8 Å². The molecule has 0 aromatic carbocycles. The highest BCUT2D eigenvalue weighted by atomic mass is 16.5. The molecule has 4 heteroatoms. The minimum atomic E-state index is -0.0743. The molecule has 1 aliphatic rings. The molecule has 0 aromatic rings. The maximum Gasteiger partial charge on any atom is 0.315 e. The highest BCUT2D eigenvalue weighted by Crippen LogP contribution is 2.18. The molecule has 1 aliphatic carbocycles. The van der Waals surface area contributed by atoms with Crippen LogP contribution in [0.1, 0.15) is 26.7 Å². The fourth-order valence-corrected chi connectivity index (χ4v) is 1.01. The summed E-state index contributed by atoms with van der Waals surface area (Å²) in [5.74, 6) is 0. The van der Waals surface area contributed by atoms with Crippen LogP contribution in [0.2, 0.25) is 0 Å². The lowest BCUT2D eigenvalue weighted by Crippen LogP contribution is -2.43. The van der Waals surface area contributed by atoms with Crippen LogP contribution in [0.25, 0.3) is 0 Å². The van der Waals surface area contributed by atoms with Crippen LogP contribution in [0, 0.1) is 0 Å². The minimum absolute atomic E-state index is 0.0743. The maximum absolute atomic E-state index is 11.2. The Bertz CT molecular complexity index is 169. The molecular weight excluding hydrogens is 168 g/mol. The van der Waals surface area contributed by atoms with Crippen LogP contribution in [-0.2, 0) is 4.74 Å². The lowest BCUT2D eigenvalue weighted by molar-refractivity contribution is 0.128. The van der Waals surface area contributed by atoms with Crippen molar-refractivity contribution < 1.29 is 9.53 Å². The summed E-state index contributed by atoms with van der Waals surface area (Å²) in [5, 5.41) is 5.67. The van der Waals surface area contributed by atoms with E-state index in [0.717, 1.165) is 12.8 Å². The van der Waals surface area contributed by atoms with Gasteiger partial charge >= 0.3 is 6.03 Å². The summed E-state index contributed by atoms with van der Waals surface area (Å²) in [4.78, 5) is 11.2. The van der Waals surface area contributed by atoms with E-state index < -0.39 is 0 Å². The second kappa shape index (κ2) is 5.07. The van der Waals surface area contributed by atoms with Crippen molar-refractivity contribution in [2.45, 2.75) is 38.8 Å². The van der Waals surface area contributed by atoms with Gasteiger partial charge in [-0.25, -0.2) is 4.79 Å². The van der Waals surface area contributed by atoms with E-state index in [2.05, 4.69) is 10.6 Å². The molecule has 1 fully saturated rings. The molecule has 0 bridgehead atoms. The molecule has 1 unspecified atom stereocenters. The van der Waals surface area contributed by atoms with Crippen molar-refractivity contribution in [2.75, 3.05) is 13.2 Å². The number of hydrogen-bond donors (Lipinski definition) is 2. The van der Waals surface area contributed by atoms with Gasteiger partial charge in [0.1, 0.15) is 0 Å². The van der Waals surface area contributed by atoms with E-state index in [1.165, 1.54) is 0 Å². The fourth-order valence-electron chi connectivity index (χ4n) is 1.01. The normalized spacial score (nSPS) is 18.0. The Morgan fingerprint density at radius 3 is 2.85 bits per heavy atom. The van der Waals surface area contributed by atoms with Gasteiger partial charge in [0, 0.05) is 12.6 Å². The van der Waals surface area contributed by atoms with E-state index in [4.69, 9.17) is 4.74 Å². The molecule has 0 heterocycles. The predicted molar refractivity (Wildman–Crippen MR) is 50.6 cm³/mol. The monoisotopic (exact) mass is 186 g/mol. The first-order valence-corrected chi connectivity index (χ1v) is 4.87. The van der Waals surface area contributed by atoms with Gasteiger partial charge in [-0.1, -0.05) is 0 Å². The van der Waals surface area contributed by atoms with Gasteiger partial charge in [-0.3, -0.25) is 0 Å². The zero-order chi connectivity index (χ0) is 9.68. The first-order chi connectivity index (χ1) is 6.22. The quantitative estimate of drug-likeness (QED) is 0.669. The Morgan fingerprint density at radius 2 is 2.31 bits per heavy atom. The first kappa shape index (κ1) is 10.3. The average molecular weight is 186 g/mol. The average Bonchev–Trinajstić information content (AvgIpc) is 2.84. The summed E-state index contributed by atoms with van der Waals surface area (Å²) >= 11 is 0. The second-order valence-electron chi connectivity index (χ2n) is 3.45. The smallest absolute Gasteiger partial charge is 0.315 e. The number of amides is 2. The number of urea groups is 1. The molecule has 13 heavy (non-hydrogen) atoms. The van der Waals surface area contributed by atoms with E-state index in [-0.39, 0.29) is 12.1 Å². The Balaban J connectivity index is 2.03. The van der Waals surface area contributed by atoms with E-state index in [1.54, 1.807) is 0 Å². The van der Waals surface area contributed by atoms with Crippen LogP contribution in [0.4, 0.5) is 4.79 Å². The summed E-state index contributed by atoms with van der Waals surface area (Å²) in [7, 11) is 0. The molecule has 76 valence electrons. The third-order valence-corrected chi connectivity index (χ3v) is 1.86. The SMILES string of the molecule is CCOCC(C)NC(=O)NC1CC1. The third-order valence-electron chi connectivity index (χ3n) is 1.86. The van der Waals surface area contributed by atoms with Gasteiger partial charge in [0.05, 0.1) is 12.6 Å². The molecule has 0 aromatic heterocycles. The number of hydrogen-bond acceptors (Lipinski definition) is 2. The number of rotatable bonds is 5. The molecule has 0 radical (unpaired) electrons. The van der Waals surface area contributed by atoms with E-state index in [0.29, 0.717) is 19.3 Å². The van der Waals surface area contributed by atoms with Crippen LogP contribution >= 0.6 is 0 Å². The molecular formula is C9H18N2O2. The van der Waals surface area contributed by atoms with Crippen molar-refractivity contribution in [3.8, 4) is 0 Å². The van der Waals surface area contributed by atoms with Crippen molar-refractivity contribution in [2.24, 2.45) is 0 Å². The van der Waals surface area contributed by atoms with Crippen molar-refractivity contribution >= 4 is 6.03 Å². The van der Waals surface area contributed by atoms with Gasteiger partial charge in [-0.05, 0) is 26.7 Å². The number of nitrogens with one attached hydrogen (secondary N) is 2. The Kier molecular flexibility index (Phi) is 4.02. The van der Waals surface area contributed by atoms with Crippen LogP contribution in [0.5, 0.6) is 0 Å². The lowest BCUT2D eigenvalue weighted by Gasteiger charge is -2.13. The summed E-state index contributed by atoms with van der Waals surface area (Å²) in [6.45, 7) is 5.14. The second-order valence-corrected chi connectivity index (χ2v) is 3.45. The topological polar surface area (TPSA) is 50.4 Å². The highest BCUT2D eigenvalue weighted by Gasteiger charge is 2.23. The summed E-state index contributed by atoms with van der Waals surface area (Å²) in [6.07, 6.45) is 2.24. The minimum Gasteiger partial charge on any atom is -0.380 e. The lowest BCUT2D eigenvalue weighted by atomic mass is 10.4. The number of carbonyl (C=O) groups excluding carboxylic acids is 1. The maximum atomic E-state index is 11.2. The van der Waals surface area contributed by atoms with Crippen LogP contribution in [-0.4, -0.2) is 31.3 Å². The number of carbonyl (C=O) groups is 1. The molecule has 0 spiro atoms. The zero-order valence-corrected chi connectivity index (χ0v) is 8.30. The fraction of sp³-hybridized carbons (Fsp3) is 0.889. The van der Waals surface area contributed by atoms with Gasteiger partial charge < -0.3 is 15.4 Å². The van der Waals surface area contributed by atoms with Gasteiger partial charge in [0.25, 0.3) is 0 Å². The first-order valence-electron chi connectivity index (χ1n) is 4.87. The summed E-state index contributed by atoms with van der Waals surface area (Å²) in [6, 6.07) is 0.424.